The minimum absolute atomic E-state index is 0.128. The Morgan fingerprint density at radius 1 is 0.875 bits per heavy atom. The predicted octanol–water partition coefficient (Wildman–Crippen LogP) is 7.25. The summed E-state index contributed by atoms with van der Waals surface area (Å²) < 4.78 is 29.6. The lowest BCUT2D eigenvalue weighted by molar-refractivity contribution is 0.247. The molecule has 1 atom stereocenters. The van der Waals surface area contributed by atoms with E-state index in [9.17, 15) is 13.6 Å². The van der Waals surface area contributed by atoms with Gasteiger partial charge in [0.2, 0.25) is 0 Å². The molecule has 9 heteroatoms. The summed E-state index contributed by atoms with van der Waals surface area (Å²) in [4.78, 5) is 13.1. The SMILES string of the molecule is Cc1ccc(-n2c(SCc3ccccc3)nnc2C(Cc2ccccc2)NC(=O)Nc2ccc(F)cc2F)cc1. The van der Waals surface area contributed by atoms with Crippen molar-refractivity contribution in [3.8, 4) is 5.69 Å². The van der Waals surface area contributed by atoms with E-state index in [-0.39, 0.29) is 5.69 Å². The van der Waals surface area contributed by atoms with E-state index in [4.69, 9.17) is 0 Å². The van der Waals surface area contributed by atoms with Crippen LogP contribution in [-0.4, -0.2) is 20.8 Å². The van der Waals surface area contributed by atoms with Gasteiger partial charge in [-0.05, 0) is 42.3 Å². The van der Waals surface area contributed by atoms with Crippen molar-refractivity contribution in [1.29, 1.82) is 0 Å². The van der Waals surface area contributed by atoms with Crippen molar-refractivity contribution >= 4 is 23.5 Å². The van der Waals surface area contributed by atoms with Crippen LogP contribution in [0.15, 0.2) is 108 Å². The fraction of sp³-hybridized carbons (Fsp3) is 0.129. The number of halogens is 2. The second-order valence-electron chi connectivity index (χ2n) is 9.25. The summed E-state index contributed by atoms with van der Waals surface area (Å²) in [5, 5.41) is 15.1. The largest absolute Gasteiger partial charge is 0.327 e. The standard InChI is InChI=1S/C31H27F2N5OS/c1-21-12-15-25(16-13-21)38-29(36-37-31(38)40-20-23-10-6-3-7-11-23)28(18-22-8-4-2-5-9-22)35-30(39)34-27-17-14-24(32)19-26(27)33/h2-17,19,28H,18,20H2,1H3,(H2,34,35,39). The average Bonchev–Trinajstić information content (AvgIpc) is 3.38. The molecule has 202 valence electrons. The van der Waals surface area contributed by atoms with Gasteiger partial charge in [-0.2, -0.15) is 0 Å². The van der Waals surface area contributed by atoms with Crippen LogP contribution in [0.3, 0.4) is 0 Å². The molecule has 2 N–H and O–H groups in total. The van der Waals surface area contributed by atoms with Gasteiger partial charge in [-0.3, -0.25) is 4.57 Å². The minimum atomic E-state index is -0.864. The van der Waals surface area contributed by atoms with E-state index in [1.807, 2.05) is 84.3 Å². The summed E-state index contributed by atoms with van der Waals surface area (Å²) in [6, 6.07) is 29.5. The molecule has 0 bridgehead atoms. The fourth-order valence-corrected chi connectivity index (χ4v) is 5.14. The Morgan fingerprint density at radius 3 is 2.23 bits per heavy atom. The van der Waals surface area contributed by atoms with Gasteiger partial charge in [0.05, 0.1) is 11.7 Å². The summed E-state index contributed by atoms with van der Waals surface area (Å²) in [6.07, 6.45) is 0.410. The topological polar surface area (TPSA) is 71.8 Å². The number of benzene rings is 4. The molecule has 2 amide bonds. The number of thioether (sulfide) groups is 1. The zero-order valence-electron chi connectivity index (χ0n) is 21.7. The third kappa shape index (κ3) is 6.73. The third-order valence-corrected chi connectivity index (χ3v) is 7.24. The maximum atomic E-state index is 14.3. The monoisotopic (exact) mass is 555 g/mol. The third-order valence-electron chi connectivity index (χ3n) is 6.24. The van der Waals surface area contributed by atoms with E-state index in [1.165, 1.54) is 6.07 Å². The van der Waals surface area contributed by atoms with Crippen molar-refractivity contribution < 1.29 is 13.6 Å². The van der Waals surface area contributed by atoms with Gasteiger partial charge in [0, 0.05) is 23.9 Å². The molecule has 0 saturated carbocycles. The van der Waals surface area contributed by atoms with Gasteiger partial charge >= 0.3 is 6.03 Å². The first-order valence-electron chi connectivity index (χ1n) is 12.7. The van der Waals surface area contributed by atoms with Crippen LogP contribution in [0.2, 0.25) is 0 Å². The zero-order chi connectivity index (χ0) is 27.9. The second-order valence-corrected chi connectivity index (χ2v) is 10.2. The molecule has 0 aliphatic heterocycles. The molecule has 1 unspecified atom stereocenters. The van der Waals surface area contributed by atoms with Crippen LogP contribution in [-0.2, 0) is 12.2 Å². The van der Waals surface area contributed by atoms with E-state index >= 15 is 0 Å². The number of urea groups is 1. The molecule has 6 nitrogen and oxygen atoms in total. The maximum Gasteiger partial charge on any atom is 0.319 e. The van der Waals surface area contributed by atoms with Crippen molar-refractivity contribution in [2.24, 2.45) is 0 Å². The van der Waals surface area contributed by atoms with Crippen LogP contribution in [0.4, 0.5) is 19.3 Å². The summed E-state index contributed by atoms with van der Waals surface area (Å²) in [5.41, 5.74) is 3.95. The van der Waals surface area contributed by atoms with E-state index in [0.717, 1.165) is 34.5 Å². The van der Waals surface area contributed by atoms with Crippen molar-refractivity contribution in [3.05, 3.63) is 137 Å². The Labute approximate surface area is 235 Å². The Kier molecular flexibility index (Phi) is 8.51. The molecular weight excluding hydrogens is 528 g/mol. The number of aryl methyl sites for hydroxylation is 1. The van der Waals surface area contributed by atoms with Crippen LogP contribution >= 0.6 is 11.8 Å². The summed E-state index contributed by atoms with van der Waals surface area (Å²) in [6.45, 7) is 2.01. The number of aromatic nitrogens is 3. The van der Waals surface area contributed by atoms with Crippen LogP contribution < -0.4 is 10.6 Å². The normalized spacial score (nSPS) is 11.7. The van der Waals surface area contributed by atoms with E-state index in [1.54, 1.807) is 11.8 Å². The number of amides is 2. The first-order valence-corrected chi connectivity index (χ1v) is 13.7. The van der Waals surface area contributed by atoms with Crippen molar-refractivity contribution in [2.45, 2.75) is 30.3 Å². The molecule has 5 aromatic rings. The molecule has 40 heavy (non-hydrogen) atoms. The molecule has 0 aliphatic carbocycles. The van der Waals surface area contributed by atoms with Crippen LogP contribution in [0.5, 0.6) is 0 Å². The number of carbonyl (C=O) groups is 1. The molecule has 0 spiro atoms. The first kappa shape index (κ1) is 27.1. The van der Waals surface area contributed by atoms with Gasteiger partial charge in [0.15, 0.2) is 11.0 Å². The Balaban J connectivity index is 1.50. The summed E-state index contributed by atoms with van der Waals surface area (Å²) in [5.74, 6) is -0.376. The van der Waals surface area contributed by atoms with Gasteiger partial charge in [-0.15, -0.1) is 10.2 Å². The molecule has 0 radical (unpaired) electrons. The molecule has 5 rings (SSSR count). The van der Waals surface area contributed by atoms with Gasteiger partial charge in [-0.1, -0.05) is 90.1 Å². The molecule has 0 aliphatic rings. The molecule has 1 aromatic heterocycles. The van der Waals surface area contributed by atoms with Crippen LogP contribution in [0, 0.1) is 18.6 Å². The van der Waals surface area contributed by atoms with Crippen molar-refractivity contribution in [2.75, 3.05) is 5.32 Å². The lowest BCUT2D eigenvalue weighted by Crippen LogP contribution is -2.35. The quantitative estimate of drug-likeness (QED) is 0.188. The number of hydrogen-bond acceptors (Lipinski definition) is 4. The number of rotatable bonds is 9. The molecule has 4 aromatic carbocycles. The zero-order valence-corrected chi connectivity index (χ0v) is 22.5. The van der Waals surface area contributed by atoms with E-state index in [2.05, 4.69) is 33.0 Å². The highest BCUT2D eigenvalue weighted by atomic mass is 32.2. The van der Waals surface area contributed by atoms with Gasteiger partial charge in [-0.25, -0.2) is 13.6 Å². The molecule has 0 saturated heterocycles. The fourth-order valence-electron chi connectivity index (χ4n) is 4.22. The molecule has 0 fully saturated rings. The lowest BCUT2D eigenvalue weighted by atomic mass is 10.1. The Bertz CT molecular complexity index is 1580. The molecular formula is C31H27F2N5OS. The highest BCUT2D eigenvalue weighted by Crippen LogP contribution is 2.29. The van der Waals surface area contributed by atoms with Gasteiger partial charge < -0.3 is 10.6 Å². The van der Waals surface area contributed by atoms with Crippen LogP contribution in [0.25, 0.3) is 5.69 Å². The highest BCUT2D eigenvalue weighted by Gasteiger charge is 2.25. The smallest absolute Gasteiger partial charge is 0.319 e. The van der Waals surface area contributed by atoms with Crippen molar-refractivity contribution in [1.82, 2.24) is 20.1 Å². The van der Waals surface area contributed by atoms with Crippen molar-refractivity contribution in [3.63, 3.8) is 0 Å². The maximum absolute atomic E-state index is 14.3. The predicted molar refractivity (Wildman–Crippen MR) is 153 cm³/mol. The van der Waals surface area contributed by atoms with Gasteiger partial charge in [0.25, 0.3) is 0 Å². The summed E-state index contributed by atoms with van der Waals surface area (Å²) >= 11 is 1.54. The van der Waals surface area contributed by atoms with E-state index in [0.29, 0.717) is 23.2 Å². The number of nitrogens with one attached hydrogen (secondary N) is 2. The Morgan fingerprint density at radius 2 is 1.55 bits per heavy atom. The minimum Gasteiger partial charge on any atom is -0.327 e. The number of carbonyl (C=O) groups excluding carboxylic acids is 1. The summed E-state index contributed by atoms with van der Waals surface area (Å²) in [7, 11) is 0. The highest BCUT2D eigenvalue weighted by molar-refractivity contribution is 7.98. The molecule has 1 heterocycles. The van der Waals surface area contributed by atoms with Crippen LogP contribution in [0.1, 0.15) is 28.6 Å². The van der Waals surface area contributed by atoms with Gasteiger partial charge in [0.1, 0.15) is 11.6 Å². The van der Waals surface area contributed by atoms with E-state index < -0.39 is 23.7 Å². The number of anilines is 1. The Hall–Kier alpha value is -4.50. The average molecular weight is 556 g/mol. The lowest BCUT2D eigenvalue weighted by Gasteiger charge is -2.21. The number of hydrogen-bond donors (Lipinski definition) is 2. The first-order chi connectivity index (χ1) is 19.5. The number of nitrogens with zero attached hydrogens (tertiary/aromatic N) is 3. The second kappa shape index (κ2) is 12.6.